The maximum absolute atomic E-state index is 16.3. The largest absolute Gasteiger partial charge is 0.465 e. The summed E-state index contributed by atoms with van der Waals surface area (Å²) >= 11 is 0. The highest BCUT2D eigenvalue weighted by atomic mass is 19.3. The molecule has 11 nitrogen and oxygen atoms in total. The molecule has 236 valence electrons. The quantitative estimate of drug-likeness (QED) is 0.361. The van der Waals surface area contributed by atoms with Crippen molar-refractivity contribution >= 4 is 28.9 Å². The van der Waals surface area contributed by atoms with Crippen LogP contribution in [0.2, 0.25) is 0 Å². The number of hydrogen-bond acceptors (Lipinski definition) is 5. The summed E-state index contributed by atoms with van der Waals surface area (Å²) in [5.41, 5.74) is 0.909. The van der Waals surface area contributed by atoms with Crippen LogP contribution in [0.5, 0.6) is 0 Å². The van der Waals surface area contributed by atoms with Crippen LogP contribution in [0.25, 0.3) is 11.0 Å². The number of aromatic amines is 1. The third-order valence-electron chi connectivity index (χ3n) is 9.47. The van der Waals surface area contributed by atoms with Crippen molar-refractivity contribution in [2.24, 2.45) is 17.8 Å². The number of nitrogens with one attached hydrogen (secondary N) is 2. The molecule has 2 aromatic heterocycles. The minimum Gasteiger partial charge on any atom is -0.465 e. The number of imidazole rings is 1. The van der Waals surface area contributed by atoms with E-state index < -0.39 is 54.7 Å². The zero-order chi connectivity index (χ0) is 31.3. The lowest BCUT2D eigenvalue weighted by Gasteiger charge is -2.40. The first-order valence-electron chi connectivity index (χ1n) is 15.1. The van der Waals surface area contributed by atoms with Crippen LogP contribution in [0, 0.1) is 23.6 Å². The Morgan fingerprint density at radius 3 is 2.50 bits per heavy atom. The minimum absolute atomic E-state index is 0.00924. The smallest absolute Gasteiger partial charge is 0.407 e. The average molecular weight is 616 g/mol. The van der Waals surface area contributed by atoms with Gasteiger partial charge in [-0.05, 0) is 49.3 Å². The molecular formula is C30H36F3N7O4. The number of hydrogen-bond donors (Lipinski definition) is 3. The molecule has 1 aliphatic carbocycles. The molecular weight excluding hydrogens is 579 g/mol. The average Bonchev–Trinajstić information content (AvgIpc) is 3.73. The van der Waals surface area contributed by atoms with Gasteiger partial charge >= 0.3 is 6.09 Å². The molecule has 3 fully saturated rings. The van der Waals surface area contributed by atoms with Crippen LogP contribution in [0.15, 0.2) is 24.4 Å². The van der Waals surface area contributed by atoms with Crippen LogP contribution in [0.1, 0.15) is 73.4 Å². The maximum atomic E-state index is 16.3. The summed E-state index contributed by atoms with van der Waals surface area (Å²) in [7, 11) is 0. The Balaban J connectivity index is 1.32. The van der Waals surface area contributed by atoms with Crippen molar-refractivity contribution in [3.05, 3.63) is 47.3 Å². The summed E-state index contributed by atoms with van der Waals surface area (Å²) in [6.45, 7) is 2.76. The SMILES string of the molecule is CCn1nccc1C(=O)NC(c1nc2c(F)c(C3CN(C(=O)O)CC3C(=O)N3CC(F)(F)C3)ccc2[nH]1)C1CCC(C)CC1. The fourth-order valence-corrected chi connectivity index (χ4v) is 6.96. The van der Waals surface area contributed by atoms with Crippen molar-refractivity contribution in [2.45, 2.75) is 64.0 Å². The summed E-state index contributed by atoms with van der Waals surface area (Å²) in [6.07, 6.45) is 3.99. The first-order chi connectivity index (χ1) is 21.0. The predicted octanol–water partition coefficient (Wildman–Crippen LogP) is 4.39. The lowest BCUT2D eigenvalue weighted by Crippen LogP contribution is -2.60. The number of amides is 3. The third kappa shape index (κ3) is 5.50. The zero-order valence-electron chi connectivity index (χ0n) is 24.6. The number of likely N-dealkylation sites (tertiary alicyclic amines) is 2. The van der Waals surface area contributed by atoms with Crippen LogP contribution in [-0.2, 0) is 11.3 Å². The monoisotopic (exact) mass is 615 g/mol. The van der Waals surface area contributed by atoms with E-state index in [-0.39, 0.29) is 36.0 Å². The van der Waals surface area contributed by atoms with Crippen molar-refractivity contribution in [2.75, 3.05) is 26.2 Å². The Bertz CT molecular complexity index is 1570. The Morgan fingerprint density at radius 2 is 1.84 bits per heavy atom. The lowest BCUT2D eigenvalue weighted by atomic mass is 9.79. The molecule has 0 spiro atoms. The van der Waals surface area contributed by atoms with Crippen LogP contribution >= 0.6 is 0 Å². The number of rotatable bonds is 7. The van der Waals surface area contributed by atoms with E-state index in [1.54, 1.807) is 23.0 Å². The second kappa shape index (κ2) is 11.4. The van der Waals surface area contributed by atoms with Gasteiger partial charge in [-0.1, -0.05) is 25.8 Å². The summed E-state index contributed by atoms with van der Waals surface area (Å²) < 4.78 is 44.9. The van der Waals surface area contributed by atoms with E-state index in [2.05, 4.69) is 27.3 Å². The predicted molar refractivity (Wildman–Crippen MR) is 153 cm³/mol. The van der Waals surface area contributed by atoms with Crippen LogP contribution in [0.4, 0.5) is 18.0 Å². The fourth-order valence-electron chi connectivity index (χ4n) is 6.96. The highest BCUT2D eigenvalue weighted by Crippen LogP contribution is 2.41. The third-order valence-corrected chi connectivity index (χ3v) is 9.47. The van der Waals surface area contributed by atoms with E-state index in [1.165, 1.54) is 6.07 Å². The molecule has 1 saturated carbocycles. The molecule has 3 unspecified atom stereocenters. The first-order valence-corrected chi connectivity index (χ1v) is 15.1. The van der Waals surface area contributed by atoms with Gasteiger partial charge in [0.05, 0.1) is 30.6 Å². The number of alkyl halides is 2. The zero-order valence-corrected chi connectivity index (χ0v) is 24.6. The topological polar surface area (TPSA) is 136 Å². The molecule has 2 saturated heterocycles. The summed E-state index contributed by atoms with van der Waals surface area (Å²) in [5.74, 6) is -5.47. The Hall–Kier alpha value is -4.10. The van der Waals surface area contributed by atoms with Gasteiger partial charge in [0.2, 0.25) is 5.91 Å². The molecule has 0 bridgehead atoms. The Kier molecular flexibility index (Phi) is 7.78. The lowest BCUT2D eigenvalue weighted by molar-refractivity contribution is -0.169. The van der Waals surface area contributed by atoms with Gasteiger partial charge in [0.25, 0.3) is 11.8 Å². The summed E-state index contributed by atoms with van der Waals surface area (Å²) in [5, 5.41) is 16.9. The number of nitrogens with zero attached hydrogens (tertiary/aromatic N) is 5. The number of fused-ring (bicyclic) bond motifs is 1. The molecule has 3 N–H and O–H groups in total. The minimum atomic E-state index is -2.98. The standard InChI is InChI=1S/C30H36F3N7O4/c1-3-40-22(10-11-34-40)27(41)37-24(17-6-4-16(2)5-7-17)26-35-21-9-8-18(23(31)25(21)36-26)19-12-38(29(43)44)13-20(19)28(42)39-14-30(32,33)15-39/h8-11,16-17,19-20,24H,3-7,12-15H2,1-2H3,(H,35,36)(H,37,41)(H,43,44). The summed E-state index contributed by atoms with van der Waals surface area (Å²) in [6, 6.07) is 4.24. The highest BCUT2D eigenvalue weighted by molar-refractivity contribution is 5.92. The second-order valence-corrected chi connectivity index (χ2v) is 12.4. The van der Waals surface area contributed by atoms with Gasteiger partial charge in [-0.3, -0.25) is 14.3 Å². The van der Waals surface area contributed by atoms with Gasteiger partial charge in [-0.25, -0.2) is 22.9 Å². The van der Waals surface area contributed by atoms with E-state index in [0.29, 0.717) is 29.5 Å². The molecule has 6 rings (SSSR count). The van der Waals surface area contributed by atoms with Gasteiger partial charge in [0.15, 0.2) is 5.82 Å². The number of benzene rings is 1. The van der Waals surface area contributed by atoms with Crippen LogP contribution < -0.4 is 5.32 Å². The molecule has 44 heavy (non-hydrogen) atoms. The van der Waals surface area contributed by atoms with Crippen molar-refractivity contribution in [3.8, 4) is 0 Å². The number of carbonyl (C=O) groups excluding carboxylic acids is 2. The molecule has 0 radical (unpaired) electrons. The van der Waals surface area contributed by atoms with Crippen molar-refractivity contribution in [1.82, 2.24) is 34.9 Å². The van der Waals surface area contributed by atoms with Gasteiger partial charge in [0.1, 0.15) is 17.0 Å². The Morgan fingerprint density at radius 1 is 1.11 bits per heavy atom. The number of aromatic nitrogens is 4. The maximum Gasteiger partial charge on any atom is 0.407 e. The number of halogens is 3. The molecule has 2 aliphatic heterocycles. The van der Waals surface area contributed by atoms with E-state index >= 15 is 4.39 Å². The number of carboxylic acid groups (broad SMARTS) is 1. The van der Waals surface area contributed by atoms with Crippen molar-refractivity contribution in [3.63, 3.8) is 0 Å². The normalized spacial score (nSPS) is 25.6. The van der Waals surface area contributed by atoms with Crippen molar-refractivity contribution < 1.29 is 32.7 Å². The van der Waals surface area contributed by atoms with Gasteiger partial charge in [-0.15, -0.1) is 0 Å². The van der Waals surface area contributed by atoms with E-state index in [1.807, 2.05) is 6.92 Å². The van der Waals surface area contributed by atoms with E-state index in [9.17, 15) is 28.3 Å². The molecule has 3 atom stereocenters. The molecule has 14 heteroatoms. The van der Waals surface area contributed by atoms with Gasteiger partial charge < -0.3 is 25.2 Å². The fraction of sp³-hybridized carbons (Fsp3) is 0.567. The van der Waals surface area contributed by atoms with Gasteiger partial charge in [0, 0.05) is 31.7 Å². The first kappa shape index (κ1) is 29.9. The van der Waals surface area contributed by atoms with Crippen LogP contribution in [0.3, 0.4) is 0 Å². The van der Waals surface area contributed by atoms with E-state index in [0.717, 1.165) is 35.5 Å². The molecule has 3 aromatic rings. The Labute approximate surface area is 251 Å². The highest BCUT2D eigenvalue weighted by Gasteiger charge is 2.51. The van der Waals surface area contributed by atoms with Gasteiger partial charge in [-0.2, -0.15) is 5.10 Å². The molecule has 1 aromatic carbocycles. The van der Waals surface area contributed by atoms with E-state index in [4.69, 9.17) is 0 Å². The van der Waals surface area contributed by atoms with Crippen LogP contribution in [-0.4, -0.2) is 84.7 Å². The number of H-pyrrole nitrogens is 1. The molecule has 3 amide bonds. The molecule has 3 aliphatic rings. The van der Waals surface area contributed by atoms with Crippen molar-refractivity contribution in [1.29, 1.82) is 0 Å². The molecule has 4 heterocycles. The second-order valence-electron chi connectivity index (χ2n) is 12.4. The summed E-state index contributed by atoms with van der Waals surface area (Å²) in [4.78, 5) is 48.2. The number of carbonyl (C=O) groups is 3. The number of aryl methyl sites for hydroxylation is 1.